The second kappa shape index (κ2) is 7.22. The first-order valence-electron chi connectivity index (χ1n) is 6.90. The predicted octanol–water partition coefficient (Wildman–Crippen LogP) is 3.88. The lowest BCUT2D eigenvalue weighted by atomic mass is 10.2. The Kier molecular flexibility index (Phi) is 5.33. The third-order valence-corrected chi connectivity index (χ3v) is 2.98. The zero-order valence-electron chi connectivity index (χ0n) is 12.2. The van der Waals surface area contributed by atoms with E-state index in [9.17, 15) is 8.78 Å². The molecule has 0 spiro atoms. The van der Waals surface area contributed by atoms with Crippen molar-refractivity contribution in [1.29, 1.82) is 0 Å². The molecule has 1 N–H and O–H groups in total. The van der Waals surface area contributed by atoms with Crippen LogP contribution in [0.15, 0.2) is 34.9 Å². The lowest BCUT2D eigenvalue weighted by Crippen LogP contribution is -2.19. The zero-order chi connectivity index (χ0) is 15.2. The summed E-state index contributed by atoms with van der Waals surface area (Å²) >= 11 is 0. The molecule has 1 aromatic carbocycles. The number of halogens is 2. The number of nitrogens with one attached hydrogen (secondary N) is 1. The van der Waals surface area contributed by atoms with Gasteiger partial charge in [0.05, 0.1) is 12.8 Å². The van der Waals surface area contributed by atoms with Gasteiger partial charge < -0.3 is 14.5 Å². The third kappa shape index (κ3) is 4.29. The van der Waals surface area contributed by atoms with Crippen LogP contribution in [0.1, 0.15) is 25.2 Å². The first kappa shape index (κ1) is 15.5. The van der Waals surface area contributed by atoms with Gasteiger partial charge in [-0.25, -0.2) is 4.39 Å². The van der Waals surface area contributed by atoms with Crippen LogP contribution in [0.5, 0.6) is 5.75 Å². The summed E-state index contributed by atoms with van der Waals surface area (Å²) in [6.07, 6.45) is 1.56. The standard InChI is InChI=1S/C16H19F2NO2/c1-11(2)8-19-9-15-12(6-7-20-15)10-21-14-5-3-4-13(17)16(14)18/h3-7,11,19H,8-10H2,1-2H3. The molecule has 0 amide bonds. The fourth-order valence-corrected chi connectivity index (χ4v) is 1.88. The number of benzene rings is 1. The largest absolute Gasteiger partial charge is 0.486 e. The molecule has 0 radical (unpaired) electrons. The van der Waals surface area contributed by atoms with Crippen LogP contribution in [0.3, 0.4) is 0 Å². The average molecular weight is 295 g/mol. The van der Waals surface area contributed by atoms with Crippen molar-refractivity contribution in [2.75, 3.05) is 6.54 Å². The molecule has 0 fully saturated rings. The Labute approximate surface area is 122 Å². The van der Waals surface area contributed by atoms with Crippen LogP contribution in [-0.4, -0.2) is 6.54 Å². The molecule has 0 aliphatic heterocycles. The molecule has 0 atom stereocenters. The van der Waals surface area contributed by atoms with E-state index in [2.05, 4.69) is 19.2 Å². The van der Waals surface area contributed by atoms with Crippen LogP contribution in [-0.2, 0) is 13.2 Å². The van der Waals surface area contributed by atoms with Crippen LogP contribution in [0, 0.1) is 17.6 Å². The normalized spacial score (nSPS) is 11.1. The van der Waals surface area contributed by atoms with Crippen LogP contribution in [0.2, 0.25) is 0 Å². The van der Waals surface area contributed by atoms with E-state index in [1.165, 1.54) is 12.1 Å². The van der Waals surface area contributed by atoms with E-state index in [1.54, 1.807) is 12.3 Å². The third-order valence-electron chi connectivity index (χ3n) is 2.98. The van der Waals surface area contributed by atoms with Gasteiger partial charge in [-0.1, -0.05) is 19.9 Å². The Morgan fingerprint density at radius 2 is 2.05 bits per heavy atom. The van der Waals surface area contributed by atoms with Crippen LogP contribution < -0.4 is 10.1 Å². The first-order valence-corrected chi connectivity index (χ1v) is 6.90. The van der Waals surface area contributed by atoms with E-state index in [4.69, 9.17) is 9.15 Å². The smallest absolute Gasteiger partial charge is 0.200 e. The van der Waals surface area contributed by atoms with Gasteiger partial charge in [-0.05, 0) is 30.7 Å². The molecule has 1 heterocycles. The average Bonchev–Trinajstić information content (AvgIpc) is 2.88. The van der Waals surface area contributed by atoms with Gasteiger partial charge in [0.25, 0.3) is 0 Å². The molecule has 0 unspecified atom stereocenters. The fourth-order valence-electron chi connectivity index (χ4n) is 1.88. The Balaban J connectivity index is 1.94. The molecule has 0 saturated heterocycles. The van der Waals surface area contributed by atoms with Crippen molar-refractivity contribution in [2.24, 2.45) is 5.92 Å². The maximum Gasteiger partial charge on any atom is 0.200 e. The topological polar surface area (TPSA) is 34.4 Å². The van der Waals surface area contributed by atoms with Gasteiger partial charge in [0, 0.05) is 5.56 Å². The van der Waals surface area contributed by atoms with E-state index in [0.29, 0.717) is 12.5 Å². The maximum atomic E-state index is 13.5. The zero-order valence-corrected chi connectivity index (χ0v) is 12.2. The lowest BCUT2D eigenvalue weighted by molar-refractivity contribution is 0.280. The molecular weight excluding hydrogens is 276 g/mol. The fraction of sp³-hybridized carbons (Fsp3) is 0.375. The van der Waals surface area contributed by atoms with Gasteiger partial charge in [-0.15, -0.1) is 0 Å². The van der Waals surface area contributed by atoms with E-state index >= 15 is 0 Å². The molecular formula is C16H19F2NO2. The van der Waals surface area contributed by atoms with Crippen molar-refractivity contribution in [3.8, 4) is 5.75 Å². The molecule has 2 aromatic rings. The van der Waals surface area contributed by atoms with Crippen LogP contribution >= 0.6 is 0 Å². The summed E-state index contributed by atoms with van der Waals surface area (Å²) in [5.74, 6) is -0.704. The summed E-state index contributed by atoms with van der Waals surface area (Å²) in [4.78, 5) is 0. The number of rotatable bonds is 7. The summed E-state index contributed by atoms with van der Waals surface area (Å²) < 4.78 is 37.3. The summed E-state index contributed by atoms with van der Waals surface area (Å²) in [5, 5.41) is 3.26. The quantitative estimate of drug-likeness (QED) is 0.841. The molecule has 0 aliphatic carbocycles. The van der Waals surface area contributed by atoms with E-state index in [1.807, 2.05) is 0 Å². The van der Waals surface area contributed by atoms with Crippen molar-refractivity contribution < 1.29 is 17.9 Å². The number of ether oxygens (including phenoxy) is 1. The first-order chi connectivity index (χ1) is 10.1. The minimum Gasteiger partial charge on any atom is -0.486 e. The minimum absolute atomic E-state index is 0.0997. The van der Waals surface area contributed by atoms with Crippen LogP contribution in [0.25, 0.3) is 0 Å². The molecule has 3 nitrogen and oxygen atoms in total. The highest BCUT2D eigenvalue weighted by Crippen LogP contribution is 2.21. The maximum absolute atomic E-state index is 13.5. The predicted molar refractivity (Wildman–Crippen MR) is 75.9 cm³/mol. The lowest BCUT2D eigenvalue weighted by Gasteiger charge is -2.09. The highest BCUT2D eigenvalue weighted by Gasteiger charge is 2.11. The van der Waals surface area contributed by atoms with Gasteiger partial charge in [-0.2, -0.15) is 4.39 Å². The van der Waals surface area contributed by atoms with Gasteiger partial charge in [0.2, 0.25) is 5.82 Å². The van der Waals surface area contributed by atoms with Crippen molar-refractivity contribution in [2.45, 2.75) is 27.0 Å². The number of hydrogen-bond donors (Lipinski definition) is 1. The molecule has 5 heteroatoms. The highest BCUT2D eigenvalue weighted by molar-refractivity contribution is 5.26. The summed E-state index contributed by atoms with van der Waals surface area (Å²) in [7, 11) is 0. The molecule has 0 saturated carbocycles. The number of furan rings is 1. The van der Waals surface area contributed by atoms with E-state index in [-0.39, 0.29) is 12.4 Å². The van der Waals surface area contributed by atoms with Crippen molar-refractivity contribution >= 4 is 0 Å². The van der Waals surface area contributed by atoms with Crippen molar-refractivity contribution in [3.05, 3.63) is 53.5 Å². The Morgan fingerprint density at radius 3 is 2.81 bits per heavy atom. The minimum atomic E-state index is -0.972. The Hall–Kier alpha value is -1.88. The molecule has 114 valence electrons. The Morgan fingerprint density at radius 1 is 1.24 bits per heavy atom. The number of hydrogen-bond acceptors (Lipinski definition) is 3. The molecule has 0 aliphatic rings. The van der Waals surface area contributed by atoms with Gasteiger partial charge in [-0.3, -0.25) is 0 Å². The molecule has 2 rings (SSSR count). The van der Waals surface area contributed by atoms with Gasteiger partial charge in [0.1, 0.15) is 12.4 Å². The monoisotopic (exact) mass is 295 g/mol. The SMILES string of the molecule is CC(C)CNCc1occc1COc1cccc(F)c1F. The molecule has 0 bridgehead atoms. The summed E-state index contributed by atoms with van der Waals surface area (Å²) in [6.45, 7) is 5.82. The van der Waals surface area contributed by atoms with E-state index < -0.39 is 11.6 Å². The molecule has 1 aromatic heterocycles. The highest BCUT2D eigenvalue weighted by atomic mass is 19.2. The second-order valence-corrected chi connectivity index (χ2v) is 5.23. The van der Waals surface area contributed by atoms with Gasteiger partial charge >= 0.3 is 0 Å². The van der Waals surface area contributed by atoms with Crippen molar-refractivity contribution in [3.63, 3.8) is 0 Å². The van der Waals surface area contributed by atoms with Crippen LogP contribution in [0.4, 0.5) is 8.78 Å². The van der Waals surface area contributed by atoms with Crippen molar-refractivity contribution in [1.82, 2.24) is 5.32 Å². The second-order valence-electron chi connectivity index (χ2n) is 5.23. The summed E-state index contributed by atoms with van der Waals surface area (Å²) in [6, 6.07) is 5.63. The summed E-state index contributed by atoms with van der Waals surface area (Å²) in [5.41, 5.74) is 0.815. The van der Waals surface area contributed by atoms with Gasteiger partial charge in [0.15, 0.2) is 11.6 Å². The van der Waals surface area contributed by atoms with E-state index in [0.717, 1.165) is 23.9 Å². The molecule has 21 heavy (non-hydrogen) atoms. The Bertz CT molecular complexity index is 581.